The largest absolute Gasteiger partial charge is 0.378 e. The molecule has 3 aromatic rings. The second kappa shape index (κ2) is 8.93. The highest BCUT2D eigenvalue weighted by Crippen LogP contribution is 2.36. The zero-order valence-electron chi connectivity index (χ0n) is 17.7. The number of hydrogen-bond acceptors (Lipinski definition) is 5. The average molecular weight is 460 g/mol. The van der Waals surface area contributed by atoms with Gasteiger partial charge in [-0.2, -0.15) is 9.97 Å². The molecule has 0 spiro atoms. The summed E-state index contributed by atoms with van der Waals surface area (Å²) in [5.74, 6) is 2.38. The maximum Gasteiger partial charge on any atom is 0.225 e. The highest BCUT2D eigenvalue weighted by molar-refractivity contribution is 6.31. The molecule has 0 amide bonds. The van der Waals surface area contributed by atoms with Gasteiger partial charge in [0.2, 0.25) is 11.2 Å². The minimum atomic E-state index is 0.201. The lowest BCUT2D eigenvalue weighted by molar-refractivity contribution is 0.121. The number of anilines is 1. The molecule has 2 aromatic heterocycles. The molecule has 31 heavy (non-hydrogen) atoms. The van der Waals surface area contributed by atoms with Crippen LogP contribution in [-0.4, -0.2) is 45.8 Å². The predicted molar refractivity (Wildman–Crippen MR) is 125 cm³/mol. The molecule has 164 valence electrons. The van der Waals surface area contributed by atoms with E-state index < -0.39 is 0 Å². The van der Waals surface area contributed by atoms with Crippen LogP contribution >= 0.6 is 23.2 Å². The lowest BCUT2D eigenvalue weighted by Gasteiger charge is -2.31. The number of rotatable bonds is 4. The summed E-state index contributed by atoms with van der Waals surface area (Å²) in [5.41, 5.74) is 3.29. The molecular weight excluding hydrogens is 433 g/mol. The molecular formula is C23H27Cl2N5O. The van der Waals surface area contributed by atoms with Crippen LogP contribution in [0.4, 0.5) is 5.95 Å². The van der Waals surface area contributed by atoms with E-state index in [2.05, 4.69) is 26.4 Å². The molecule has 0 atom stereocenters. The Kier molecular flexibility index (Phi) is 6.04. The lowest BCUT2D eigenvalue weighted by atomic mass is 9.83. The first-order valence-electron chi connectivity index (χ1n) is 11.1. The van der Waals surface area contributed by atoms with Gasteiger partial charge in [-0.15, -0.1) is 0 Å². The van der Waals surface area contributed by atoms with Crippen LogP contribution in [0.25, 0.3) is 22.4 Å². The number of ether oxygens (including phenoxy) is 1. The van der Waals surface area contributed by atoms with Crippen molar-refractivity contribution in [2.75, 3.05) is 31.2 Å². The van der Waals surface area contributed by atoms with Gasteiger partial charge in [0.15, 0.2) is 5.65 Å². The lowest BCUT2D eigenvalue weighted by Crippen LogP contribution is -2.38. The number of halogens is 2. The molecule has 2 aliphatic rings. The smallest absolute Gasteiger partial charge is 0.225 e. The fourth-order valence-electron chi connectivity index (χ4n) is 4.78. The SMILES string of the molecule is CC1CCC(Cn2c(N3CCOCC3)nc3nc(Cl)nc(-c4cccc(Cl)c4)c32)CC1. The molecule has 0 radical (unpaired) electrons. The van der Waals surface area contributed by atoms with Crippen molar-refractivity contribution >= 4 is 40.3 Å². The zero-order chi connectivity index (χ0) is 21.4. The number of fused-ring (bicyclic) bond motifs is 1. The second-order valence-electron chi connectivity index (χ2n) is 8.77. The maximum atomic E-state index is 6.33. The fourth-order valence-corrected chi connectivity index (χ4v) is 5.14. The standard InChI is InChI=1S/C23H27Cl2N5O/c1-15-5-7-16(8-6-15)14-30-20-19(17-3-2-4-18(24)13-17)26-22(25)27-21(20)28-23(30)29-9-11-31-12-10-29/h2-4,13,15-16H,5-12,14H2,1H3. The van der Waals surface area contributed by atoms with Gasteiger partial charge >= 0.3 is 0 Å². The van der Waals surface area contributed by atoms with Gasteiger partial charge in [-0.05, 0) is 48.4 Å². The summed E-state index contributed by atoms with van der Waals surface area (Å²) in [6.07, 6.45) is 5.05. The van der Waals surface area contributed by atoms with E-state index in [0.717, 1.165) is 48.3 Å². The molecule has 1 aromatic carbocycles. The fraction of sp³-hybridized carbons (Fsp3) is 0.522. The van der Waals surface area contributed by atoms with Crippen molar-refractivity contribution < 1.29 is 4.74 Å². The number of imidazole rings is 1. The van der Waals surface area contributed by atoms with Gasteiger partial charge in [0.1, 0.15) is 11.2 Å². The summed E-state index contributed by atoms with van der Waals surface area (Å²) in [4.78, 5) is 16.4. The van der Waals surface area contributed by atoms with E-state index in [4.69, 9.17) is 32.9 Å². The molecule has 1 aliphatic heterocycles. The van der Waals surface area contributed by atoms with Crippen molar-refractivity contribution in [3.8, 4) is 11.3 Å². The van der Waals surface area contributed by atoms with Crippen molar-refractivity contribution in [1.82, 2.24) is 19.5 Å². The Bertz CT molecular complexity index is 1070. The second-order valence-corrected chi connectivity index (χ2v) is 9.55. The van der Waals surface area contributed by atoms with Gasteiger partial charge in [-0.25, -0.2) is 4.98 Å². The van der Waals surface area contributed by atoms with Crippen molar-refractivity contribution in [2.45, 2.75) is 39.2 Å². The van der Waals surface area contributed by atoms with Crippen molar-refractivity contribution in [3.05, 3.63) is 34.6 Å². The third-order valence-corrected chi connectivity index (χ3v) is 6.93. The highest BCUT2D eigenvalue weighted by atomic mass is 35.5. The van der Waals surface area contributed by atoms with Gasteiger partial charge in [0.25, 0.3) is 0 Å². The molecule has 5 rings (SSSR count). The van der Waals surface area contributed by atoms with Crippen molar-refractivity contribution in [2.24, 2.45) is 11.8 Å². The van der Waals surface area contributed by atoms with E-state index in [0.29, 0.717) is 29.8 Å². The topological polar surface area (TPSA) is 56.1 Å². The molecule has 0 N–H and O–H groups in total. The van der Waals surface area contributed by atoms with Crippen LogP contribution < -0.4 is 4.90 Å². The van der Waals surface area contributed by atoms with Crippen LogP contribution in [0.3, 0.4) is 0 Å². The summed E-state index contributed by atoms with van der Waals surface area (Å²) < 4.78 is 7.91. The number of hydrogen-bond donors (Lipinski definition) is 0. The quantitative estimate of drug-likeness (QED) is 0.484. The van der Waals surface area contributed by atoms with Gasteiger partial charge in [-0.1, -0.05) is 43.5 Å². The molecule has 3 heterocycles. The zero-order valence-corrected chi connectivity index (χ0v) is 19.2. The molecule has 8 heteroatoms. The third-order valence-electron chi connectivity index (χ3n) is 6.52. The van der Waals surface area contributed by atoms with E-state index in [9.17, 15) is 0 Å². The Balaban J connectivity index is 1.66. The Morgan fingerprint density at radius 3 is 2.55 bits per heavy atom. The summed E-state index contributed by atoms with van der Waals surface area (Å²) >= 11 is 12.6. The Hall–Kier alpha value is -1.89. The van der Waals surface area contributed by atoms with E-state index in [-0.39, 0.29) is 5.28 Å². The van der Waals surface area contributed by atoms with Crippen LogP contribution in [0.15, 0.2) is 24.3 Å². The average Bonchev–Trinajstić information content (AvgIpc) is 3.13. The molecule has 1 aliphatic carbocycles. The predicted octanol–water partition coefficient (Wildman–Crippen LogP) is 5.46. The highest BCUT2D eigenvalue weighted by Gasteiger charge is 2.27. The van der Waals surface area contributed by atoms with Gasteiger partial charge in [0.05, 0.1) is 13.2 Å². The summed E-state index contributed by atoms with van der Waals surface area (Å²) in [6, 6.07) is 7.74. The summed E-state index contributed by atoms with van der Waals surface area (Å²) in [5, 5.41) is 0.869. The Labute approximate surface area is 192 Å². The maximum absolute atomic E-state index is 6.33. The number of morpholine rings is 1. The van der Waals surface area contributed by atoms with Crippen molar-refractivity contribution in [1.29, 1.82) is 0 Å². The van der Waals surface area contributed by atoms with Crippen LogP contribution in [-0.2, 0) is 11.3 Å². The van der Waals surface area contributed by atoms with E-state index in [1.54, 1.807) is 0 Å². The number of benzene rings is 1. The monoisotopic (exact) mass is 459 g/mol. The third kappa shape index (κ3) is 4.38. The van der Waals surface area contributed by atoms with Gasteiger partial charge in [0, 0.05) is 30.2 Å². The number of nitrogens with zero attached hydrogens (tertiary/aromatic N) is 5. The van der Waals surface area contributed by atoms with Crippen LogP contribution in [0.1, 0.15) is 32.6 Å². The first-order valence-corrected chi connectivity index (χ1v) is 11.9. The van der Waals surface area contributed by atoms with E-state index >= 15 is 0 Å². The van der Waals surface area contributed by atoms with Crippen molar-refractivity contribution in [3.63, 3.8) is 0 Å². The van der Waals surface area contributed by atoms with E-state index in [1.165, 1.54) is 25.7 Å². The molecule has 2 fully saturated rings. The van der Waals surface area contributed by atoms with Crippen LogP contribution in [0.5, 0.6) is 0 Å². The normalized spacial score (nSPS) is 22.2. The molecule has 0 bridgehead atoms. The molecule has 1 saturated carbocycles. The first-order chi connectivity index (χ1) is 15.1. The molecule has 1 saturated heterocycles. The van der Waals surface area contributed by atoms with E-state index in [1.807, 2.05) is 24.3 Å². The van der Waals surface area contributed by atoms with Gasteiger partial charge in [-0.3, -0.25) is 0 Å². The first kappa shape index (κ1) is 21.0. The van der Waals surface area contributed by atoms with Crippen LogP contribution in [0.2, 0.25) is 10.3 Å². The Morgan fingerprint density at radius 1 is 1.03 bits per heavy atom. The molecule has 0 unspecified atom stereocenters. The van der Waals surface area contributed by atoms with Crippen LogP contribution in [0, 0.1) is 11.8 Å². The number of aromatic nitrogens is 4. The summed E-state index contributed by atoms with van der Waals surface area (Å²) in [7, 11) is 0. The molecule has 6 nitrogen and oxygen atoms in total. The summed E-state index contributed by atoms with van der Waals surface area (Å²) in [6.45, 7) is 6.32. The van der Waals surface area contributed by atoms with Gasteiger partial charge < -0.3 is 14.2 Å². The minimum Gasteiger partial charge on any atom is -0.378 e. The Morgan fingerprint density at radius 2 is 1.81 bits per heavy atom. The minimum absolute atomic E-state index is 0.201.